The van der Waals surface area contributed by atoms with Crippen molar-refractivity contribution >= 4 is 0 Å². The lowest BCUT2D eigenvalue weighted by molar-refractivity contribution is 0.140. The predicted molar refractivity (Wildman–Crippen MR) is 73.0 cm³/mol. The maximum Gasteiger partial charge on any atom is 0.129 e. The van der Waals surface area contributed by atoms with Gasteiger partial charge < -0.3 is 5.73 Å². The summed E-state index contributed by atoms with van der Waals surface area (Å²) in [5, 5.41) is 0. The van der Waals surface area contributed by atoms with Crippen LogP contribution < -0.4 is 5.73 Å². The highest BCUT2D eigenvalue weighted by Crippen LogP contribution is 2.21. The van der Waals surface area contributed by atoms with Crippen molar-refractivity contribution in [1.29, 1.82) is 0 Å². The lowest BCUT2D eigenvalue weighted by atomic mass is 9.98. The largest absolute Gasteiger partial charge is 0.328 e. The molecule has 2 atom stereocenters. The van der Waals surface area contributed by atoms with E-state index in [2.05, 4.69) is 11.8 Å². The van der Waals surface area contributed by atoms with Crippen LogP contribution >= 0.6 is 0 Å². The molecule has 1 aromatic carbocycles. The molecular weight excluding hydrogens is 227 g/mol. The van der Waals surface area contributed by atoms with E-state index in [1.54, 1.807) is 0 Å². The van der Waals surface area contributed by atoms with Crippen LogP contribution in [0.15, 0.2) is 12.1 Å². The lowest BCUT2D eigenvalue weighted by Gasteiger charge is -2.36. The minimum Gasteiger partial charge on any atom is -0.328 e. The van der Waals surface area contributed by atoms with Gasteiger partial charge in [0.15, 0.2) is 0 Å². The van der Waals surface area contributed by atoms with Crippen molar-refractivity contribution in [1.82, 2.24) is 4.90 Å². The summed E-state index contributed by atoms with van der Waals surface area (Å²) in [4.78, 5) is 2.44. The van der Waals surface area contributed by atoms with Crippen LogP contribution in [0, 0.1) is 19.7 Å². The molecule has 2 unspecified atom stereocenters. The van der Waals surface area contributed by atoms with Crippen LogP contribution in [0.1, 0.15) is 36.5 Å². The zero-order chi connectivity index (χ0) is 13.3. The molecule has 100 valence electrons. The number of nitrogens with zero attached hydrogens (tertiary/aromatic N) is 1. The topological polar surface area (TPSA) is 29.3 Å². The van der Waals surface area contributed by atoms with Crippen molar-refractivity contribution in [3.63, 3.8) is 0 Å². The summed E-state index contributed by atoms with van der Waals surface area (Å²) in [6.45, 7) is 7.83. The highest BCUT2D eigenvalue weighted by molar-refractivity contribution is 5.30. The van der Waals surface area contributed by atoms with E-state index in [4.69, 9.17) is 5.73 Å². The molecule has 2 N–H and O–H groups in total. The number of hydrogen-bond acceptors (Lipinski definition) is 2. The smallest absolute Gasteiger partial charge is 0.129 e. The first-order valence-electron chi connectivity index (χ1n) is 6.72. The number of benzene rings is 1. The quantitative estimate of drug-likeness (QED) is 0.874. The fourth-order valence-electron chi connectivity index (χ4n) is 2.85. The molecule has 0 aromatic heterocycles. The Morgan fingerprint density at radius 3 is 2.50 bits per heavy atom. The molecule has 1 fully saturated rings. The fraction of sp³-hybridized carbons (Fsp3) is 0.600. The third-order valence-corrected chi connectivity index (χ3v) is 3.94. The van der Waals surface area contributed by atoms with E-state index in [0.29, 0.717) is 12.1 Å². The van der Waals surface area contributed by atoms with E-state index in [9.17, 15) is 4.39 Å². The van der Waals surface area contributed by atoms with E-state index < -0.39 is 0 Å². The second kappa shape index (κ2) is 5.37. The lowest BCUT2D eigenvalue weighted by Crippen LogP contribution is -2.44. The SMILES string of the molecule is Cc1cc(CN2CCC(N)CC2C)cc(C)c1F. The molecule has 18 heavy (non-hydrogen) atoms. The van der Waals surface area contributed by atoms with E-state index >= 15 is 0 Å². The summed E-state index contributed by atoms with van der Waals surface area (Å²) in [7, 11) is 0. The average molecular weight is 250 g/mol. The van der Waals surface area contributed by atoms with Crippen molar-refractivity contribution in [2.24, 2.45) is 5.73 Å². The summed E-state index contributed by atoms with van der Waals surface area (Å²) >= 11 is 0. The Balaban J connectivity index is 2.10. The Kier molecular flexibility index (Phi) is 4.03. The van der Waals surface area contributed by atoms with Crippen LogP contribution in [0.2, 0.25) is 0 Å². The molecule has 2 rings (SSSR count). The maximum absolute atomic E-state index is 13.6. The summed E-state index contributed by atoms with van der Waals surface area (Å²) < 4.78 is 13.6. The monoisotopic (exact) mass is 250 g/mol. The van der Waals surface area contributed by atoms with E-state index in [0.717, 1.165) is 37.1 Å². The average Bonchev–Trinajstić information content (AvgIpc) is 2.29. The van der Waals surface area contributed by atoms with Gasteiger partial charge in [-0.05, 0) is 50.3 Å². The van der Waals surface area contributed by atoms with E-state index in [-0.39, 0.29) is 5.82 Å². The number of piperidine rings is 1. The Bertz CT molecular complexity index is 407. The predicted octanol–water partition coefficient (Wildman–Crippen LogP) is 2.75. The molecule has 1 aliphatic rings. The standard InChI is InChI=1S/C15H23FN2/c1-10-6-13(7-11(2)15(10)16)9-18-5-4-14(17)8-12(18)3/h6-7,12,14H,4-5,8-9,17H2,1-3H3. The van der Waals surface area contributed by atoms with Gasteiger partial charge in [0.1, 0.15) is 5.82 Å². The Labute approximate surface area is 109 Å². The first-order valence-corrected chi connectivity index (χ1v) is 6.72. The van der Waals surface area contributed by atoms with Crippen molar-refractivity contribution in [3.05, 3.63) is 34.6 Å². The molecule has 0 saturated carbocycles. The van der Waals surface area contributed by atoms with E-state index in [1.807, 2.05) is 26.0 Å². The van der Waals surface area contributed by atoms with Gasteiger partial charge in [0.2, 0.25) is 0 Å². The molecule has 0 aliphatic carbocycles. The fourth-order valence-corrected chi connectivity index (χ4v) is 2.85. The van der Waals surface area contributed by atoms with Crippen molar-refractivity contribution in [2.75, 3.05) is 6.54 Å². The molecule has 1 aromatic rings. The number of nitrogens with two attached hydrogens (primary N) is 1. The minimum absolute atomic E-state index is 0.0764. The van der Waals surface area contributed by atoms with Crippen LogP contribution in [0.5, 0.6) is 0 Å². The maximum atomic E-state index is 13.6. The number of halogens is 1. The van der Waals surface area contributed by atoms with Crippen molar-refractivity contribution < 1.29 is 4.39 Å². The highest BCUT2D eigenvalue weighted by atomic mass is 19.1. The van der Waals surface area contributed by atoms with Gasteiger partial charge in [-0.25, -0.2) is 4.39 Å². The molecule has 0 spiro atoms. The molecule has 0 bridgehead atoms. The van der Waals surface area contributed by atoms with Crippen molar-refractivity contribution in [2.45, 2.75) is 52.2 Å². The highest BCUT2D eigenvalue weighted by Gasteiger charge is 2.23. The first-order chi connectivity index (χ1) is 8.47. The van der Waals surface area contributed by atoms with E-state index in [1.165, 1.54) is 5.56 Å². The number of hydrogen-bond donors (Lipinski definition) is 1. The minimum atomic E-state index is -0.0764. The van der Waals surface area contributed by atoms with Crippen LogP contribution in [0.25, 0.3) is 0 Å². The zero-order valence-corrected chi connectivity index (χ0v) is 11.5. The number of rotatable bonds is 2. The number of aryl methyl sites for hydroxylation is 2. The molecule has 2 nitrogen and oxygen atoms in total. The van der Waals surface area contributed by atoms with Gasteiger partial charge in [-0.3, -0.25) is 4.90 Å². The van der Waals surface area contributed by atoms with Gasteiger partial charge in [-0.2, -0.15) is 0 Å². The zero-order valence-electron chi connectivity index (χ0n) is 11.5. The van der Waals surface area contributed by atoms with Crippen molar-refractivity contribution in [3.8, 4) is 0 Å². The van der Waals surface area contributed by atoms with Gasteiger partial charge in [-0.1, -0.05) is 12.1 Å². The molecule has 0 radical (unpaired) electrons. The van der Waals surface area contributed by atoms with Gasteiger partial charge in [-0.15, -0.1) is 0 Å². The summed E-state index contributed by atoms with van der Waals surface area (Å²) in [6.07, 6.45) is 2.11. The third kappa shape index (κ3) is 2.90. The number of likely N-dealkylation sites (tertiary alicyclic amines) is 1. The molecule has 1 aliphatic heterocycles. The summed E-state index contributed by atoms with van der Waals surface area (Å²) in [5.41, 5.74) is 8.66. The first kappa shape index (κ1) is 13.5. The normalized spacial score (nSPS) is 25.4. The van der Waals surface area contributed by atoms with Gasteiger partial charge in [0, 0.05) is 25.2 Å². The van der Waals surface area contributed by atoms with Crippen LogP contribution in [0.3, 0.4) is 0 Å². The third-order valence-electron chi connectivity index (χ3n) is 3.94. The molecule has 0 amide bonds. The van der Waals surface area contributed by atoms with Crippen LogP contribution in [-0.4, -0.2) is 23.5 Å². The van der Waals surface area contributed by atoms with Crippen LogP contribution in [-0.2, 0) is 6.54 Å². The molecule has 3 heteroatoms. The second-order valence-corrected chi connectivity index (χ2v) is 5.65. The van der Waals surface area contributed by atoms with Crippen LogP contribution in [0.4, 0.5) is 4.39 Å². The Morgan fingerprint density at radius 1 is 1.33 bits per heavy atom. The Hall–Kier alpha value is -0.930. The summed E-state index contributed by atoms with van der Waals surface area (Å²) in [6, 6.07) is 4.78. The molecular formula is C15H23FN2. The molecule has 1 saturated heterocycles. The second-order valence-electron chi connectivity index (χ2n) is 5.65. The summed E-state index contributed by atoms with van der Waals surface area (Å²) in [5.74, 6) is -0.0764. The van der Waals surface area contributed by atoms with Gasteiger partial charge >= 0.3 is 0 Å². The Morgan fingerprint density at radius 2 is 1.94 bits per heavy atom. The van der Waals surface area contributed by atoms with Gasteiger partial charge in [0.25, 0.3) is 0 Å². The molecule has 1 heterocycles. The van der Waals surface area contributed by atoms with Gasteiger partial charge in [0.05, 0.1) is 0 Å².